The summed E-state index contributed by atoms with van der Waals surface area (Å²) in [6, 6.07) is 11.9. The van der Waals surface area contributed by atoms with Crippen molar-refractivity contribution in [1.82, 2.24) is 0 Å². The number of benzene rings is 2. The highest BCUT2D eigenvalue weighted by Crippen LogP contribution is 2.24. The summed E-state index contributed by atoms with van der Waals surface area (Å²) in [7, 11) is 0. The van der Waals surface area contributed by atoms with Crippen LogP contribution < -0.4 is 4.90 Å². The van der Waals surface area contributed by atoms with E-state index < -0.39 is 0 Å². The van der Waals surface area contributed by atoms with Gasteiger partial charge >= 0.3 is 0 Å². The predicted molar refractivity (Wildman–Crippen MR) is 81.6 cm³/mol. The minimum atomic E-state index is -0.127. The van der Waals surface area contributed by atoms with Gasteiger partial charge in [-0.3, -0.25) is 4.79 Å². The van der Waals surface area contributed by atoms with Crippen LogP contribution in [0, 0.1) is 6.92 Å². The monoisotopic (exact) mass is 289 g/mol. The van der Waals surface area contributed by atoms with Gasteiger partial charge in [0.1, 0.15) is 5.75 Å². The van der Waals surface area contributed by atoms with Gasteiger partial charge in [-0.1, -0.05) is 23.7 Å². The molecule has 3 nitrogen and oxygen atoms in total. The Bertz CT molecular complexity index is 640. The number of anilines is 1. The van der Waals surface area contributed by atoms with Crippen LogP contribution in [0.2, 0.25) is 5.02 Å². The first kappa shape index (κ1) is 14.4. The maximum Gasteiger partial charge on any atom is 0.258 e. The van der Waals surface area contributed by atoms with Gasteiger partial charge in [0.05, 0.1) is 0 Å². The average Bonchev–Trinajstić information content (AvgIpc) is 2.42. The summed E-state index contributed by atoms with van der Waals surface area (Å²) in [4.78, 5) is 14.3. The third kappa shape index (κ3) is 2.94. The van der Waals surface area contributed by atoms with Crippen LogP contribution >= 0.6 is 11.6 Å². The summed E-state index contributed by atoms with van der Waals surface area (Å²) < 4.78 is 0. The van der Waals surface area contributed by atoms with Gasteiger partial charge in [-0.2, -0.15) is 0 Å². The number of carbonyl (C=O) groups excluding carboxylic acids is 1. The lowest BCUT2D eigenvalue weighted by Crippen LogP contribution is -2.31. The normalized spacial score (nSPS) is 10.3. The summed E-state index contributed by atoms with van der Waals surface area (Å²) in [6.45, 7) is 4.27. The highest BCUT2D eigenvalue weighted by molar-refractivity contribution is 6.31. The number of phenolic OH excluding ortho intramolecular Hbond substituents is 1. The molecule has 0 atom stereocenters. The summed E-state index contributed by atoms with van der Waals surface area (Å²) in [5.74, 6) is 0.00895. The smallest absolute Gasteiger partial charge is 0.258 e. The molecule has 0 saturated carbocycles. The minimum Gasteiger partial charge on any atom is -0.508 e. The number of halogens is 1. The fourth-order valence-electron chi connectivity index (χ4n) is 2.07. The van der Waals surface area contributed by atoms with Crippen molar-refractivity contribution in [3.63, 3.8) is 0 Å². The lowest BCUT2D eigenvalue weighted by molar-refractivity contribution is 0.0987. The number of aryl methyl sites for hydroxylation is 1. The van der Waals surface area contributed by atoms with Gasteiger partial charge in [-0.15, -0.1) is 0 Å². The number of hydrogen-bond acceptors (Lipinski definition) is 2. The van der Waals surface area contributed by atoms with Gasteiger partial charge < -0.3 is 10.0 Å². The van der Waals surface area contributed by atoms with Crippen LogP contribution in [0.3, 0.4) is 0 Å². The van der Waals surface area contributed by atoms with Gasteiger partial charge in [0.2, 0.25) is 0 Å². The summed E-state index contributed by atoms with van der Waals surface area (Å²) >= 11 is 5.97. The Morgan fingerprint density at radius 2 is 2.00 bits per heavy atom. The molecule has 0 unspecified atom stereocenters. The second-order valence-electron chi connectivity index (χ2n) is 4.53. The molecule has 0 aliphatic rings. The zero-order valence-corrected chi connectivity index (χ0v) is 12.2. The molecule has 4 heteroatoms. The van der Waals surface area contributed by atoms with Crippen molar-refractivity contribution in [3.8, 4) is 5.75 Å². The van der Waals surface area contributed by atoms with E-state index in [1.807, 2.05) is 19.9 Å². The van der Waals surface area contributed by atoms with Crippen LogP contribution in [0.15, 0.2) is 42.5 Å². The van der Waals surface area contributed by atoms with Crippen molar-refractivity contribution in [2.24, 2.45) is 0 Å². The molecular formula is C16H16ClNO2. The zero-order valence-electron chi connectivity index (χ0n) is 11.4. The fraction of sp³-hybridized carbons (Fsp3) is 0.188. The quantitative estimate of drug-likeness (QED) is 0.927. The van der Waals surface area contributed by atoms with E-state index in [4.69, 9.17) is 11.6 Å². The second kappa shape index (κ2) is 5.97. The van der Waals surface area contributed by atoms with E-state index >= 15 is 0 Å². The summed E-state index contributed by atoms with van der Waals surface area (Å²) in [5.41, 5.74) is 2.11. The van der Waals surface area contributed by atoms with E-state index in [0.29, 0.717) is 22.8 Å². The van der Waals surface area contributed by atoms with Gasteiger partial charge in [0, 0.05) is 28.9 Å². The largest absolute Gasteiger partial charge is 0.508 e. The Morgan fingerprint density at radius 1 is 1.25 bits per heavy atom. The van der Waals surface area contributed by atoms with Gasteiger partial charge in [-0.05, 0) is 43.7 Å². The van der Waals surface area contributed by atoms with Crippen LogP contribution in [-0.4, -0.2) is 17.6 Å². The summed E-state index contributed by atoms with van der Waals surface area (Å²) in [5, 5.41) is 10.1. The van der Waals surface area contributed by atoms with E-state index in [1.165, 1.54) is 0 Å². The Kier molecular flexibility index (Phi) is 4.30. The average molecular weight is 290 g/mol. The van der Waals surface area contributed by atoms with Gasteiger partial charge in [-0.25, -0.2) is 0 Å². The SMILES string of the molecule is CCN(C(=O)c1cc(Cl)ccc1C)c1cccc(O)c1. The summed E-state index contributed by atoms with van der Waals surface area (Å²) in [6.07, 6.45) is 0. The van der Waals surface area contributed by atoms with E-state index in [-0.39, 0.29) is 11.7 Å². The van der Waals surface area contributed by atoms with E-state index in [2.05, 4.69) is 0 Å². The van der Waals surface area contributed by atoms with Crippen LogP contribution in [0.4, 0.5) is 5.69 Å². The van der Waals surface area contributed by atoms with E-state index in [0.717, 1.165) is 5.56 Å². The first-order chi connectivity index (χ1) is 9.52. The maximum atomic E-state index is 12.6. The molecule has 2 rings (SSSR count). The number of aromatic hydroxyl groups is 1. The highest BCUT2D eigenvalue weighted by Gasteiger charge is 2.18. The van der Waals surface area contributed by atoms with Gasteiger partial charge in [0.15, 0.2) is 0 Å². The van der Waals surface area contributed by atoms with Crippen molar-refractivity contribution in [1.29, 1.82) is 0 Å². The molecule has 104 valence electrons. The molecule has 20 heavy (non-hydrogen) atoms. The standard InChI is InChI=1S/C16H16ClNO2/c1-3-18(13-5-4-6-14(19)10-13)16(20)15-9-12(17)8-7-11(15)2/h4-10,19H,3H2,1-2H3. The first-order valence-electron chi connectivity index (χ1n) is 6.40. The molecule has 0 bridgehead atoms. The molecule has 0 aromatic heterocycles. The molecular weight excluding hydrogens is 274 g/mol. The Labute approximate surface area is 123 Å². The van der Waals surface area contributed by atoms with Crippen LogP contribution in [-0.2, 0) is 0 Å². The highest BCUT2D eigenvalue weighted by atomic mass is 35.5. The minimum absolute atomic E-state index is 0.127. The number of phenols is 1. The molecule has 1 N–H and O–H groups in total. The van der Waals surface area contributed by atoms with Crippen LogP contribution in [0.1, 0.15) is 22.8 Å². The lowest BCUT2D eigenvalue weighted by Gasteiger charge is -2.22. The third-order valence-electron chi connectivity index (χ3n) is 3.13. The fourth-order valence-corrected chi connectivity index (χ4v) is 2.25. The molecule has 0 fully saturated rings. The number of hydrogen-bond donors (Lipinski definition) is 1. The molecule has 0 radical (unpaired) electrons. The molecule has 2 aromatic rings. The molecule has 0 saturated heterocycles. The van der Waals surface area contributed by atoms with E-state index in [1.54, 1.807) is 41.3 Å². The molecule has 0 spiro atoms. The number of nitrogens with zero attached hydrogens (tertiary/aromatic N) is 1. The lowest BCUT2D eigenvalue weighted by atomic mass is 10.1. The Balaban J connectivity index is 2.41. The number of amides is 1. The second-order valence-corrected chi connectivity index (χ2v) is 4.96. The first-order valence-corrected chi connectivity index (χ1v) is 6.77. The molecule has 0 heterocycles. The van der Waals surface area contributed by atoms with Crippen molar-refractivity contribution in [3.05, 3.63) is 58.6 Å². The Hall–Kier alpha value is -2.00. The number of rotatable bonds is 3. The Morgan fingerprint density at radius 3 is 2.65 bits per heavy atom. The van der Waals surface area contributed by atoms with Crippen molar-refractivity contribution in [2.45, 2.75) is 13.8 Å². The molecule has 2 aromatic carbocycles. The van der Waals surface area contributed by atoms with Crippen molar-refractivity contribution < 1.29 is 9.90 Å². The topological polar surface area (TPSA) is 40.5 Å². The molecule has 1 amide bonds. The van der Waals surface area contributed by atoms with Crippen LogP contribution in [0.25, 0.3) is 0 Å². The molecule has 0 aliphatic heterocycles. The third-order valence-corrected chi connectivity index (χ3v) is 3.37. The predicted octanol–water partition coefficient (Wildman–Crippen LogP) is 4.02. The maximum absolute atomic E-state index is 12.6. The van der Waals surface area contributed by atoms with Crippen LogP contribution in [0.5, 0.6) is 5.75 Å². The van der Waals surface area contributed by atoms with Crippen molar-refractivity contribution in [2.75, 3.05) is 11.4 Å². The van der Waals surface area contributed by atoms with Gasteiger partial charge in [0.25, 0.3) is 5.91 Å². The molecule has 0 aliphatic carbocycles. The van der Waals surface area contributed by atoms with E-state index in [9.17, 15) is 9.90 Å². The zero-order chi connectivity index (χ0) is 14.7. The number of carbonyl (C=O) groups is 1. The van der Waals surface area contributed by atoms with Crippen molar-refractivity contribution >= 4 is 23.2 Å².